The zero-order valence-electron chi connectivity index (χ0n) is 12.5. The van der Waals surface area contributed by atoms with E-state index in [4.69, 9.17) is 10.5 Å². The number of anilines is 2. The maximum atomic E-state index is 11.7. The third-order valence-electron chi connectivity index (χ3n) is 3.22. The van der Waals surface area contributed by atoms with E-state index in [-0.39, 0.29) is 0 Å². The fourth-order valence-corrected chi connectivity index (χ4v) is 2.08. The molecule has 0 saturated carbocycles. The number of nitrogens with one attached hydrogen (secondary N) is 1. The van der Waals surface area contributed by atoms with Crippen LogP contribution >= 0.6 is 0 Å². The zero-order valence-corrected chi connectivity index (χ0v) is 12.5. The van der Waals surface area contributed by atoms with Crippen LogP contribution in [-0.4, -0.2) is 29.4 Å². The van der Waals surface area contributed by atoms with Crippen molar-refractivity contribution in [3.05, 3.63) is 41.2 Å². The van der Waals surface area contributed by atoms with Gasteiger partial charge in [0.2, 0.25) is 0 Å². The number of nitrogen functional groups attached to an aromatic ring is 1. The molecule has 1 aromatic heterocycles. The van der Waals surface area contributed by atoms with Crippen molar-refractivity contribution in [1.82, 2.24) is 9.78 Å². The summed E-state index contributed by atoms with van der Waals surface area (Å²) in [4.78, 5) is 11.7. The van der Waals surface area contributed by atoms with Gasteiger partial charge in [0, 0.05) is 24.1 Å². The number of carbonyl (C=O) groups excluding carboxylic acids is 1. The Balaban J connectivity index is 2.06. The lowest BCUT2D eigenvalue weighted by Gasteiger charge is -2.12. The fourth-order valence-electron chi connectivity index (χ4n) is 2.08. The second-order valence-corrected chi connectivity index (χ2v) is 4.95. The highest BCUT2D eigenvalue weighted by Crippen LogP contribution is 2.23. The maximum Gasteiger partial charge on any atom is 0.340 e. The number of aryl methyl sites for hydroxylation is 2. The molecular formula is C15H20N4O2. The van der Waals surface area contributed by atoms with Gasteiger partial charge in [0.05, 0.1) is 25.4 Å². The largest absolute Gasteiger partial charge is 0.465 e. The van der Waals surface area contributed by atoms with Crippen LogP contribution in [0.2, 0.25) is 0 Å². The molecule has 2 aromatic rings. The van der Waals surface area contributed by atoms with Crippen molar-refractivity contribution in [2.75, 3.05) is 24.7 Å². The number of hydrogen-bond acceptors (Lipinski definition) is 5. The molecule has 0 aliphatic heterocycles. The van der Waals surface area contributed by atoms with Gasteiger partial charge in [0.25, 0.3) is 0 Å². The van der Waals surface area contributed by atoms with E-state index in [9.17, 15) is 4.79 Å². The first-order valence-corrected chi connectivity index (χ1v) is 6.72. The molecule has 2 rings (SSSR count). The van der Waals surface area contributed by atoms with Gasteiger partial charge in [0.1, 0.15) is 0 Å². The average molecular weight is 288 g/mol. The van der Waals surface area contributed by atoms with Crippen molar-refractivity contribution in [3.63, 3.8) is 0 Å². The van der Waals surface area contributed by atoms with Crippen molar-refractivity contribution in [2.45, 2.75) is 20.4 Å². The molecule has 0 radical (unpaired) electrons. The summed E-state index contributed by atoms with van der Waals surface area (Å²) in [6.07, 6.45) is 3.80. The van der Waals surface area contributed by atoms with E-state index in [2.05, 4.69) is 10.4 Å². The first-order valence-electron chi connectivity index (χ1n) is 6.72. The number of esters is 1. The lowest BCUT2D eigenvalue weighted by molar-refractivity contribution is 0.0602. The van der Waals surface area contributed by atoms with Gasteiger partial charge in [-0.1, -0.05) is 0 Å². The van der Waals surface area contributed by atoms with Gasteiger partial charge in [-0.2, -0.15) is 5.10 Å². The molecule has 1 aromatic carbocycles. The van der Waals surface area contributed by atoms with Gasteiger partial charge < -0.3 is 15.8 Å². The molecule has 21 heavy (non-hydrogen) atoms. The van der Waals surface area contributed by atoms with Gasteiger partial charge in [-0.15, -0.1) is 0 Å². The number of aromatic nitrogens is 2. The maximum absolute atomic E-state index is 11.7. The molecule has 0 aliphatic carbocycles. The number of ether oxygens (including phenoxy) is 1. The van der Waals surface area contributed by atoms with Crippen molar-refractivity contribution in [1.29, 1.82) is 0 Å². The average Bonchev–Trinajstić information content (AvgIpc) is 2.87. The number of methoxy groups -OCH3 is 1. The highest BCUT2D eigenvalue weighted by molar-refractivity contribution is 5.97. The van der Waals surface area contributed by atoms with Crippen molar-refractivity contribution in [2.24, 2.45) is 0 Å². The summed E-state index contributed by atoms with van der Waals surface area (Å²) < 4.78 is 6.61. The van der Waals surface area contributed by atoms with Crippen LogP contribution in [0.1, 0.15) is 21.5 Å². The highest BCUT2D eigenvalue weighted by Gasteiger charge is 2.13. The van der Waals surface area contributed by atoms with Crippen LogP contribution in [0, 0.1) is 13.8 Å². The molecule has 0 aliphatic rings. The summed E-state index contributed by atoms with van der Waals surface area (Å²) in [5, 5.41) is 7.49. The summed E-state index contributed by atoms with van der Waals surface area (Å²) >= 11 is 0. The Hall–Kier alpha value is -2.50. The smallest absolute Gasteiger partial charge is 0.340 e. The van der Waals surface area contributed by atoms with E-state index in [1.54, 1.807) is 6.07 Å². The third kappa shape index (κ3) is 3.53. The Kier molecular flexibility index (Phi) is 4.47. The number of nitrogens with two attached hydrogens (primary N) is 1. The van der Waals surface area contributed by atoms with Crippen molar-refractivity contribution >= 4 is 17.3 Å². The molecule has 6 heteroatoms. The molecule has 3 N–H and O–H groups in total. The molecule has 6 nitrogen and oxygen atoms in total. The molecular weight excluding hydrogens is 268 g/mol. The van der Waals surface area contributed by atoms with E-state index < -0.39 is 5.97 Å². The molecule has 0 spiro atoms. The van der Waals surface area contributed by atoms with Gasteiger partial charge in [-0.25, -0.2) is 4.79 Å². The zero-order chi connectivity index (χ0) is 15.4. The molecule has 112 valence electrons. The number of hydrogen-bond donors (Lipinski definition) is 2. The number of rotatable bonds is 5. The molecule has 1 heterocycles. The molecule has 0 unspecified atom stereocenters. The normalized spacial score (nSPS) is 10.4. The van der Waals surface area contributed by atoms with Crippen molar-refractivity contribution < 1.29 is 9.53 Å². The molecule has 0 amide bonds. The molecule has 0 bridgehead atoms. The van der Waals surface area contributed by atoms with Crippen molar-refractivity contribution in [3.8, 4) is 0 Å². The van der Waals surface area contributed by atoms with Crippen LogP contribution in [-0.2, 0) is 11.3 Å². The van der Waals surface area contributed by atoms with E-state index in [0.717, 1.165) is 23.4 Å². The lowest BCUT2D eigenvalue weighted by atomic mass is 10.1. The van der Waals surface area contributed by atoms with Crippen LogP contribution in [0.5, 0.6) is 0 Å². The number of benzene rings is 1. The molecule has 0 fully saturated rings. The number of carbonyl (C=O) groups is 1. The predicted octanol–water partition coefficient (Wildman–Crippen LogP) is 1.98. The third-order valence-corrected chi connectivity index (χ3v) is 3.22. The van der Waals surface area contributed by atoms with Crippen LogP contribution < -0.4 is 11.1 Å². The Morgan fingerprint density at radius 1 is 1.43 bits per heavy atom. The minimum atomic E-state index is -0.429. The fraction of sp³-hybridized carbons (Fsp3) is 0.333. The first kappa shape index (κ1) is 14.9. The quantitative estimate of drug-likeness (QED) is 0.649. The topological polar surface area (TPSA) is 82.2 Å². The Bertz CT molecular complexity index is 649. The van der Waals surface area contributed by atoms with E-state index in [1.807, 2.05) is 37.0 Å². The SMILES string of the molecule is COC(=O)c1cc(NCCn2cc(C)cn2)cc(C)c1N. The summed E-state index contributed by atoms with van der Waals surface area (Å²) in [6.45, 7) is 5.31. The van der Waals surface area contributed by atoms with Gasteiger partial charge in [-0.05, 0) is 37.1 Å². The Labute approximate surface area is 123 Å². The van der Waals surface area contributed by atoms with Crippen LogP contribution in [0.4, 0.5) is 11.4 Å². The summed E-state index contributed by atoms with van der Waals surface area (Å²) in [5.74, 6) is -0.429. The summed E-state index contributed by atoms with van der Waals surface area (Å²) in [6, 6.07) is 3.62. The van der Waals surface area contributed by atoms with Gasteiger partial charge >= 0.3 is 5.97 Å². The monoisotopic (exact) mass is 288 g/mol. The second-order valence-electron chi connectivity index (χ2n) is 4.95. The number of nitrogens with zero attached hydrogens (tertiary/aromatic N) is 2. The molecule has 0 saturated heterocycles. The van der Waals surface area contributed by atoms with Crippen LogP contribution in [0.3, 0.4) is 0 Å². The van der Waals surface area contributed by atoms with Crippen LogP contribution in [0.25, 0.3) is 0 Å². The minimum Gasteiger partial charge on any atom is -0.465 e. The van der Waals surface area contributed by atoms with E-state index in [1.165, 1.54) is 7.11 Å². The van der Waals surface area contributed by atoms with Crippen LogP contribution in [0.15, 0.2) is 24.5 Å². The summed E-state index contributed by atoms with van der Waals surface area (Å²) in [5.41, 5.74) is 9.56. The lowest BCUT2D eigenvalue weighted by Crippen LogP contribution is -2.13. The Morgan fingerprint density at radius 3 is 2.81 bits per heavy atom. The molecule has 0 atom stereocenters. The Morgan fingerprint density at radius 2 is 2.19 bits per heavy atom. The van der Waals surface area contributed by atoms with Gasteiger partial charge in [-0.3, -0.25) is 4.68 Å². The second kappa shape index (κ2) is 6.30. The minimum absolute atomic E-state index is 0.384. The summed E-state index contributed by atoms with van der Waals surface area (Å²) in [7, 11) is 1.34. The van der Waals surface area contributed by atoms with E-state index in [0.29, 0.717) is 17.8 Å². The van der Waals surface area contributed by atoms with E-state index >= 15 is 0 Å². The van der Waals surface area contributed by atoms with Gasteiger partial charge in [0.15, 0.2) is 0 Å². The first-order chi connectivity index (χ1) is 10.0. The predicted molar refractivity (Wildman–Crippen MR) is 82.4 cm³/mol. The standard InChI is InChI=1S/C15H20N4O2/c1-10-8-18-19(9-10)5-4-17-12-6-11(2)14(16)13(7-12)15(20)21-3/h6-9,17H,4-5,16H2,1-3H3. The highest BCUT2D eigenvalue weighted by atomic mass is 16.5.